The number of primary sulfonamides is 1. The Morgan fingerprint density at radius 2 is 2.00 bits per heavy atom. The van der Waals surface area contributed by atoms with Crippen molar-refractivity contribution in [3.8, 4) is 17.6 Å². The molecule has 0 fully saturated rings. The van der Waals surface area contributed by atoms with Crippen molar-refractivity contribution in [3.05, 3.63) is 35.1 Å². The molecule has 3 rings (SSSR count). The molecule has 0 aliphatic heterocycles. The van der Waals surface area contributed by atoms with Gasteiger partial charge >= 0.3 is 0 Å². The Kier molecular flexibility index (Phi) is 5.41. The number of aromatic nitrogens is 3. The molecule has 1 aromatic carbocycles. The third kappa shape index (κ3) is 3.60. The number of sulfonamides is 1. The van der Waals surface area contributed by atoms with E-state index in [4.69, 9.17) is 26.2 Å². The maximum absolute atomic E-state index is 12.7. The van der Waals surface area contributed by atoms with Gasteiger partial charge in [0, 0.05) is 29.8 Å². The van der Waals surface area contributed by atoms with Crippen molar-refractivity contribution in [2.24, 2.45) is 5.14 Å². The first kappa shape index (κ1) is 20.2. The molecule has 0 spiro atoms. The largest absolute Gasteiger partial charge is 0.493 e. The Labute approximate surface area is 163 Å². The summed E-state index contributed by atoms with van der Waals surface area (Å²) in [6.45, 7) is 0. The predicted molar refractivity (Wildman–Crippen MR) is 98.1 cm³/mol. The van der Waals surface area contributed by atoms with E-state index in [1.807, 2.05) is 0 Å². The highest BCUT2D eigenvalue weighted by Gasteiger charge is 2.24. The lowest BCUT2D eigenvalue weighted by Gasteiger charge is -2.11. The summed E-state index contributed by atoms with van der Waals surface area (Å²) < 4.78 is 61.2. The number of nitrogens with zero attached hydrogens (tertiary/aromatic N) is 3. The van der Waals surface area contributed by atoms with Crippen LogP contribution in [0.5, 0.6) is 11.6 Å². The molecule has 0 atom stereocenters. The van der Waals surface area contributed by atoms with Gasteiger partial charge in [0.1, 0.15) is 10.4 Å². The molecule has 0 aliphatic carbocycles. The van der Waals surface area contributed by atoms with E-state index in [1.165, 1.54) is 43.3 Å². The molecule has 0 aliphatic rings. The van der Waals surface area contributed by atoms with Gasteiger partial charge in [-0.2, -0.15) is 4.98 Å². The first-order valence-electron chi connectivity index (χ1n) is 7.76. The third-order valence-corrected chi connectivity index (χ3v) is 5.18. The molecule has 2 N–H and O–H groups in total. The number of hydrogen-bond donors (Lipinski definition) is 1. The summed E-state index contributed by atoms with van der Waals surface area (Å²) in [4.78, 5) is 8.00. The average Bonchev–Trinajstić information content (AvgIpc) is 3.01. The van der Waals surface area contributed by atoms with Gasteiger partial charge in [-0.25, -0.2) is 27.3 Å². The number of benzene rings is 1. The number of hydrogen-bond acceptors (Lipinski definition) is 6. The van der Waals surface area contributed by atoms with Gasteiger partial charge in [0.05, 0.1) is 19.2 Å². The summed E-state index contributed by atoms with van der Waals surface area (Å²) in [5.74, 6) is 0.0777. The molecule has 0 amide bonds. The number of alkyl halides is 2. The topological polar surface area (TPSA) is 109 Å². The number of methoxy groups -OCH3 is 2. The number of rotatable bonds is 6. The summed E-state index contributed by atoms with van der Waals surface area (Å²) in [5, 5.41) is 5.77. The molecule has 8 nitrogen and oxygen atoms in total. The predicted octanol–water partition coefficient (Wildman–Crippen LogP) is 2.55. The molecular weight excluding hydrogens is 418 g/mol. The number of fused-ring (bicyclic) bond motifs is 1. The van der Waals surface area contributed by atoms with Gasteiger partial charge in [-0.1, -0.05) is 11.6 Å². The van der Waals surface area contributed by atoms with E-state index >= 15 is 0 Å². The Bertz CT molecular complexity index is 1150. The first-order valence-corrected chi connectivity index (χ1v) is 9.68. The van der Waals surface area contributed by atoms with Gasteiger partial charge in [0.15, 0.2) is 5.75 Å². The quantitative estimate of drug-likeness (QED) is 0.641. The van der Waals surface area contributed by atoms with Gasteiger partial charge in [-0.05, 0) is 12.1 Å². The minimum absolute atomic E-state index is 0.0321. The fourth-order valence-electron chi connectivity index (χ4n) is 2.80. The van der Waals surface area contributed by atoms with Gasteiger partial charge in [-0.15, -0.1) is 0 Å². The van der Waals surface area contributed by atoms with Crippen LogP contribution in [0, 0.1) is 0 Å². The molecular formula is C16H15ClF2N4O4S. The van der Waals surface area contributed by atoms with Crippen LogP contribution in [0.2, 0.25) is 5.02 Å². The summed E-state index contributed by atoms with van der Waals surface area (Å²) in [6.07, 6.45) is -0.802. The monoisotopic (exact) mass is 432 g/mol. The molecule has 12 heteroatoms. The highest BCUT2D eigenvalue weighted by atomic mass is 35.5. The molecule has 2 heterocycles. The molecule has 0 saturated heterocycles. The minimum atomic E-state index is -4.10. The minimum Gasteiger partial charge on any atom is -0.493 e. The second-order valence-electron chi connectivity index (χ2n) is 5.68. The van der Waals surface area contributed by atoms with Crippen LogP contribution in [-0.2, 0) is 16.4 Å². The van der Waals surface area contributed by atoms with Crippen LogP contribution in [0.25, 0.3) is 16.9 Å². The summed E-state index contributed by atoms with van der Waals surface area (Å²) in [5.41, 5.74) is 0.358. The van der Waals surface area contributed by atoms with Crippen LogP contribution in [0.15, 0.2) is 29.4 Å². The Hall–Kier alpha value is -2.50. The number of halogens is 3. The molecule has 150 valence electrons. The summed E-state index contributed by atoms with van der Waals surface area (Å²) in [7, 11) is -1.46. The zero-order valence-corrected chi connectivity index (χ0v) is 16.3. The van der Waals surface area contributed by atoms with E-state index in [-0.39, 0.29) is 44.0 Å². The van der Waals surface area contributed by atoms with Crippen molar-refractivity contribution < 1.29 is 26.7 Å². The molecule has 0 radical (unpaired) electrons. The molecule has 2 aromatic heterocycles. The fraction of sp³-hybridized carbons (Fsp3) is 0.250. The molecule has 0 unspecified atom stereocenters. The van der Waals surface area contributed by atoms with Gasteiger partial charge < -0.3 is 9.47 Å². The van der Waals surface area contributed by atoms with E-state index < -0.39 is 22.9 Å². The van der Waals surface area contributed by atoms with E-state index in [9.17, 15) is 17.2 Å². The van der Waals surface area contributed by atoms with Crippen molar-refractivity contribution in [1.82, 2.24) is 14.5 Å². The normalized spacial score (nSPS) is 12.0. The summed E-state index contributed by atoms with van der Waals surface area (Å²) in [6, 6.07) is 2.94. The van der Waals surface area contributed by atoms with Crippen LogP contribution in [-0.4, -0.2) is 43.6 Å². The van der Waals surface area contributed by atoms with E-state index in [0.29, 0.717) is 0 Å². The number of nitrogens with two attached hydrogens (primary N) is 1. The highest BCUT2D eigenvalue weighted by Crippen LogP contribution is 2.38. The second kappa shape index (κ2) is 7.49. The Morgan fingerprint density at radius 3 is 2.57 bits per heavy atom. The first-order chi connectivity index (χ1) is 13.2. The van der Waals surface area contributed by atoms with E-state index in [2.05, 4.69) is 9.97 Å². The van der Waals surface area contributed by atoms with Crippen molar-refractivity contribution >= 4 is 32.5 Å². The smallest absolute Gasteiger partial charge is 0.242 e. The lowest BCUT2D eigenvalue weighted by Crippen LogP contribution is -2.11. The third-order valence-electron chi connectivity index (χ3n) is 3.94. The molecule has 28 heavy (non-hydrogen) atoms. The van der Waals surface area contributed by atoms with Crippen molar-refractivity contribution in [2.45, 2.75) is 17.7 Å². The standard InChI is InChI=1S/C16H15ClF2N4O4S/c1-26-14-10(17)4-3-9-11(28(20,24)25)7-23(13(9)14)16-21-6-8(5-12(18)19)15(22-16)27-2/h3-4,6-7,12H,5H2,1-2H3,(H2,20,24,25). The highest BCUT2D eigenvalue weighted by molar-refractivity contribution is 7.89. The van der Waals surface area contributed by atoms with Crippen molar-refractivity contribution in [1.29, 1.82) is 0 Å². The fourth-order valence-corrected chi connectivity index (χ4v) is 3.75. The zero-order valence-electron chi connectivity index (χ0n) is 14.7. The van der Waals surface area contributed by atoms with Gasteiger partial charge in [0.2, 0.25) is 28.3 Å². The number of ether oxygens (including phenoxy) is 2. The van der Waals surface area contributed by atoms with Crippen LogP contribution in [0.4, 0.5) is 8.78 Å². The van der Waals surface area contributed by atoms with Crippen molar-refractivity contribution in [3.63, 3.8) is 0 Å². The SMILES string of the molecule is COc1nc(-n2cc(S(N)(=O)=O)c3ccc(Cl)c(OC)c32)ncc1CC(F)F. The lowest BCUT2D eigenvalue weighted by molar-refractivity contribution is 0.147. The van der Waals surface area contributed by atoms with Crippen LogP contribution in [0.1, 0.15) is 5.56 Å². The van der Waals surface area contributed by atoms with Gasteiger partial charge in [-0.3, -0.25) is 4.57 Å². The molecule has 0 bridgehead atoms. The lowest BCUT2D eigenvalue weighted by atomic mass is 10.2. The average molecular weight is 433 g/mol. The van der Waals surface area contributed by atoms with Gasteiger partial charge in [0.25, 0.3) is 0 Å². The van der Waals surface area contributed by atoms with Crippen molar-refractivity contribution in [2.75, 3.05) is 14.2 Å². The van der Waals surface area contributed by atoms with E-state index in [1.54, 1.807) is 0 Å². The second-order valence-corrected chi connectivity index (χ2v) is 7.62. The van der Waals surface area contributed by atoms with Crippen LogP contribution < -0.4 is 14.6 Å². The van der Waals surface area contributed by atoms with Crippen LogP contribution >= 0.6 is 11.6 Å². The van der Waals surface area contributed by atoms with Crippen LogP contribution in [0.3, 0.4) is 0 Å². The maximum Gasteiger partial charge on any atom is 0.242 e. The Balaban J connectivity index is 2.33. The zero-order chi connectivity index (χ0) is 20.6. The molecule has 3 aromatic rings. The summed E-state index contributed by atoms with van der Waals surface area (Å²) >= 11 is 6.16. The van der Waals surface area contributed by atoms with E-state index in [0.717, 1.165) is 0 Å². The maximum atomic E-state index is 12.7. The Morgan fingerprint density at radius 1 is 1.29 bits per heavy atom. The molecule has 0 saturated carbocycles.